The zero-order valence-electron chi connectivity index (χ0n) is 16.1. The molecule has 1 aromatic carbocycles. The Labute approximate surface area is 189 Å². The number of benzene rings is 1. The fourth-order valence-corrected chi connectivity index (χ4v) is 4.78. The van der Waals surface area contributed by atoms with Gasteiger partial charge in [-0.2, -0.15) is 13.2 Å². The maximum absolute atomic E-state index is 13.0. The molecule has 0 unspecified atom stereocenters. The van der Waals surface area contributed by atoms with Crippen LogP contribution in [0.1, 0.15) is 18.5 Å². The van der Waals surface area contributed by atoms with Crippen LogP contribution >= 0.6 is 24.8 Å². The average Bonchev–Trinajstić information content (AvgIpc) is 3.13. The second-order valence-corrected chi connectivity index (χ2v) is 8.69. The molecule has 4 rings (SSSR count). The molecule has 3 N–H and O–H groups in total. The van der Waals surface area contributed by atoms with E-state index in [-0.39, 0.29) is 41.4 Å². The summed E-state index contributed by atoms with van der Waals surface area (Å²) in [5.41, 5.74) is 0.389. The Hall–Kier alpha value is -1.85. The van der Waals surface area contributed by atoms with Crippen molar-refractivity contribution in [3.8, 4) is 11.1 Å². The van der Waals surface area contributed by atoms with Crippen LogP contribution in [0, 0.1) is 0 Å². The van der Waals surface area contributed by atoms with Crippen molar-refractivity contribution in [2.24, 2.45) is 0 Å². The molecule has 170 valence electrons. The zero-order valence-corrected chi connectivity index (χ0v) is 18.5. The summed E-state index contributed by atoms with van der Waals surface area (Å²) < 4.78 is 66.9. The fraction of sp³-hybridized carbons (Fsp3) is 0.316. The maximum atomic E-state index is 13.0. The van der Waals surface area contributed by atoms with E-state index in [9.17, 15) is 21.6 Å². The molecule has 0 aliphatic carbocycles. The number of halogens is 5. The van der Waals surface area contributed by atoms with Gasteiger partial charge in [0, 0.05) is 17.6 Å². The lowest BCUT2D eigenvalue weighted by Gasteiger charge is -2.23. The molecule has 2 aromatic heterocycles. The minimum atomic E-state index is -4.50. The molecule has 12 heteroatoms. The summed E-state index contributed by atoms with van der Waals surface area (Å²) in [6.45, 7) is 1.53. The van der Waals surface area contributed by atoms with Gasteiger partial charge in [-0.25, -0.2) is 18.1 Å². The lowest BCUT2D eigenvalue weighted by atomic mass is 10.0. The SMILES string of the molecule is Cl.Cl.O=S(=O)(NC1CCNCC1)c1ccc(-c2ccnc3[nH]c(C(F)(F)F)cc23)cc1. The van der Waals surface area contributed by atoms with Gasteiger partial charge in [-0.1, -0.05) is 12.1 Å². The molecular weight excluding hydrogens is 476 g/mol. The van der Waals surface area contributed by atoms with Gasteiger partial charge in [0.05, 0.1) is 4.90 Å². The number of sulfonamides is 1. The molecule has 0 amide bonds. The van der Waals surface area contributed by atoms with Crippen LogP contribution < -0.4 is 10.0 Å². The summed E-state index contributed by atoms with van der Waals surface area (Å²) in [6.07, 6.45) is -1.64. The topological polar surface area (TPSA) is 86.9 Å². The Morgan fingerprint density at radius 1 is 1.03 bits per heavy atom. The number of alkyl halides is 3. The van der Waals surface area contributed by atoms with Crippen molar-refractivity contribution in [3.63, 3.8) is 0 Å². The van der Waals surface area contributed by atoms with Crippen molar-refractivity contribution in [1.29, 1.82) is 0 Å². The first-order valence-corrected chi connectivity index (χ1v) is 10.6. The van der Waals surface area contributed by atoms with Crippen molar-refractivity contribution in [3.05, 3.63) is 48.3 Å². The van der Waals surface area contributed by atoms with Crippen LogP contribution in [0.15, 0.2) is 47.5 Å². The maximum Gasteiger partial charge on any atom is 0.431 e. The van der Waals surface area contributed by atoms with E-state index < -0.39 is 21.9 Å². The van der Waals surface area contributed by atoms with Crippen molar-refractivity contribution in [2.45, 2.75) is 30.0 Å². The highest BCUT2D eigenvalue weighted by atomic mass is 35.5. The van der Waals surface area contributed by atoms with Crippen LogP contribution in [0.3, 0.4) is 0 Å². The highest BCUT2D eigenvalue weighted by molar-refractivity contribution is 7.89. The van der Waals surface area contributed by atoms with E-state index in [1.165, 1.54) is 18.3 Å². The molecule has 31 heavy (non-hydrogen) atoms. The Bertz CT molecular complexity index is 1130. The third kappa shape index (κ3) is 5.50. The van der Waals surface area contributed by atoms with Gasteiger partial charge in [-0.05, 0) is 61.3 Å². The van der Waals surface area contributed by atoms with E-state index in [1.54, 1.807) is 18.2 Å². The van der Waals surface area contributed by atoms with E-state index in [1.807, 2.05) is 0 Å². The highest BCUT2D eigenvalue weighted by Gasteiger charge is 2.33. The predicted molar refractivity (Wildman–Crippen MR) is 117 cm³/mol. The first kappa shape index (κ1) is 25.4. The molecule has 0 radical (unpaired) electrons. The molecule has 1 saturated heterocycles. The third-order valence-electron chi connectivity index (χ3n) is 4.97. The van der Waals surface area contributed by atoms with Gasteiger partial charge in [0.1, 0.15) is 11.3 Å². The molecule has 0 atom stereocenters. The van der Waals surface area contributed by atoms with E-state index in [0.29, 0.717) is 16.5 Å². The van der Waals surface area contributed by atoms with E-state index >= 15 is 0 Å². The normalized spacial score (nSPS) is 15.3. The van der Waals surface area contributed by atoms with E-state index in [2.05, 4.69) is 20.0 Å². The molecule has 3 heterocycles. The summed E-state index contributed by atoms with van der Waals surface area (Å²) in [5, 5.41) is 3.50. The van der Waals surface area contributed by atoms with Gasteiger partial charge in [0.25, 0.3) is 0 Å². The van der Waals surface area contributed by atoms with Crippen molar-refractivity contribution < 1.29 is 21.6 Å². The van der Waals surface area contributed by atoms with Gasteiger partial charge in [-0.15, -0.1) is 24.8 Å². The second kappa shape index (κ2) is 9.74. The van der Waals surface area contributed by atoms with Gasteiger partial charge in [0.15, 0.2) is 0 Å². The van der Waals surface area contributed by atoms with E-state index in [4.69, 9.17) is 0 Å². The van der Waals surface area contributed by atoms with Crippen LogP contribution in [-0.4, -0.2) is 37.5 Å². The summed E-state index contributed by atoms with van der Waals surface area (Å²) in [4.78, 5) is 6.36. The Morgan fingerprint density at radius 3 is 2.29 bits per heavy atom. The molecule has 0 spiro atoms. The minimum absolute atomic E-state index is 0. The lowest BCUT2D eigenvalue weighted by molar-refractivity contribution is -0.140. The largest absolute Gasteiger partial charge is 0.431 e. The molecule has 1 aliphatic rings. The Balaban J connectivity index is 0.00000171. The van der Waals surface area contributed by atoms with Gasteiger partial charge in [-0.3, -0.25) is 0 Å². The molecule has 3 aromatic rings. The first-order chi connectivity index (χ1) is 13.7. The smallest absolute Gasteiger partial charge is 0.336 e. The van der Waals surface area contributed by atoms with Gasteiger partial charge >= 0.3 is 6.18 Å². The molecule has 0 saturated carbocycles. The molecule has 0 bridgehead atoms. The van der Waals surface area contributed by atoms with Gasteiger partial charge in [0.2, 0.25) is 10.0 Å². The summed E-state index contributed by atoms with van der Waals surface area (Å²) in [7, 11) is -3.66. The number of nitrogens with one attached hydrogen (secondary N) is 3. The number of aromatic nitrogens is 2. The number of H-pyrrole nitrogens is 1. The van der Waals surface area contributed by atoms with Gasteiger partial charge < -0.3 is 10.3 Å². The molecule has 6 nitrogen and oxygen atoms in total. The Kier molecular flexibility index (Phi) is 7.99. The minimum Gasteiger partial charge on any atom is -0.336 e. The molecule has 1 aliphatic heterocycles. The second-order valence-electron chi connectivity index (χ2n) is 6.97. The fourth-order valence-electron chi connectivity index (χ4n) is 3.47. The monoisotopic (exact) mass is 496 g/mol. The number of hydrogen-bond donors (Lipinski definition) is 3. The van der Waals surface area contributed by atoms with Crippen molar-refractivity contribution in [1.82, 2.24) is 20.0 Å². The standard InChI is InChI=1S/C19H19F3N4O2S.2ClH/c20-19(21,22)17-11-16-15(7-10-24-18(16)25-17)12-1-3-14(4-2-12)29(27,28)26-13-5-8-23-9-6-13;;/h1-4,7,10-11,13,23,26H,5-6,8-9H2,(H,24,25);2*1H. The van der Waals surface area contributed by atoms with Crippen molar-refractivity contribution in [2.75, 3.05) is 13.1 Å². The van der Waals surface area contributed by atoms with Crippen LogP contribution in [0.2, 0.25) is 0 Å². The van der Waals surface area contributed by atoms with Crippen LogP contribution in [0.25, 0.3) is 22.2 Å². The predicted octanol–water partition coefficient (Wildman–Crippen LogP) is 4.12. The quantitative estimate of drug-likeness (QED) is 0.506. The molecule has 1 fully saturated rings. The number of fused-ring (bicyclic) bond motifs is 1. The number of nitrogens with zero attached hydrogens (tertiary/aromatic N) is 1. The summed E-state index contributed by atoms with van der Waals surface area (Å²) in [6, 6.07) is 8.61. The van der Waals surface area contributed by atoms with E-state index in [0.717, 1.165) is 32.0 Å². The average molecular weight is 497 g/mol. The number of hydrogen-bond acceptors (Lipinski definition) is 4. The van der Waals surface area contributed by atoms with Crippen LogP contribution in [-0.2, 0) is 16.2 Å². The number of piperidine rings is 1. The summed E-state index contributed by atoms with van der Waals surface area (Å²) >= 11 is 0. The number of aromatic amines is 1. The van der Waals surface area contributed by atoms with Crippen molar-refractivity contribution >= 4 is 45.9 Å². The Morgan fingerprint density at radius 2 is 1.68 bits per heavy atom. The molecular formula is C19H21Cl2F3N4O2S. The number of pyridine rings is 1. The lowest BCUT2D eigenvalue weighted by Crippen LogP contribution is -2.42. The highest BCUT2D eigenvalue weighted by Crippen LogP contribution is 2.34. The third-order valence-corrected chi connectivity index (χ3v) is 6.51. The van der Waals surface area contributed by atoms with Crippen LogP contribution in [0.5, 0.6) is 0 Å². The summed E-state index contributed by atoms with van der Waals surface area (Å²) in [5.74, 6) is 0. The number of rotatable bonds is 4. The van der Waals surface area contributed by atoms with Crippen LogP contribution in [0.4, 0.5) is 13.2 Å². The zero-order chi connectivity index (χ0) is 20.6. The first-order valence-electron chi connectivity index (χ1n) is 9.12.